The minimum atomic E-state index is 0.265. The largest absolute Gasteiger partial charge is 0.379 e. The first-order valence-corrected chi connectivity index (χ1v) is 6.72. The highest BCUT2D eigenvalue weighted by Crippen LogP contribution is 2.39. The maximum Gasteiger partial charge on any atom is 0.0594 e. The van der Waals surface area contributed by atoms with Gasteiger partial charge in [-0.1, -0.05) is 6.92 Å². The summed E-state index contributed by atoms with van der Waals surface area (Å²) in [6, 6.07) is 0.649. The fourth-order valence-corrected chi connectivity index (χ4v) is 2.98. The lowest BCUT2D eigenvalue weighted by atomic mass is 9.88. The van der Waals surface area contributed by atoms with Crippen LogP contribution in [0.3, 0.4) is 0 Å². The monoisotopic (exact) mass is 226 g/mol. The molecule has 1 unspecified atom stereocenters. The van der Waals surface area contributed by atoms with Gasteiger partial charge in [0, 0.05) is 24.7 Å². The lowest BCUT2D eigenvalue weighted by Gasteiger charge is -2.46. The molecule has 0 aromatic carbocycles. The van der Waals surface area contributed by atoms with Crippen molar-refractivity contribution in [3.05, 3.63) is 0 Å². The van der Waals surface area contributed by atoms with Crippen molar-refractivity contribution in [3.8, 4) is 0 Å². The highest BCUT2D eigenvalue weighted by Gasteiger charge is 2.43. The van der Waals surface area contributed by atoms with Crippen LogP contribution in [0.5, 0.6) is 0 Å². The number of morpholine rings is 1. The van der Waals surface area contributed by atoms with E-state index >= 15 is 0 Å². The number of ether oxygens (including phenoxy) is 1. The molecule has 0 aromatic rings. The first-order valence-electron chi connectivity index (χ1n) is 6.72. The van der Waals surface area contributed by atoms with E-state index in [0.29, 0.717) is 6.04 Å². The zero-order chi connectivity index (χ0) is 11.6. The average Bonchev–Trinajstić information content (AvgIpc) is 3.11. The number of nitrogens with zero attached hydrogens (tertiary/aromatic N) is 1. The van der Waals surface area contributed by atoms with Gasteiger partial charge < -0.3 is 10.1 Å². The van der Waals surface area contributed by atoms with E-state index in [0.717, 1.165) is 38.8 Å². The second-order valence-electron chi connectivity index (χ2n) is 5.63. The van der Waals surface area contributed by atoms with Crippen molar-refractivity contribution in [3.63, 3.8) is 0 Å². The van der Waals surface area contributed by atoms with Crippen LogP contribution in [-0.4, -0.2) is 49.3 Å². The van der Waals surface area contributed by atoms with E-state index < -0.39 is 0 Å². The summed E-state index contributed by atoms with van der Waals surface area (Å²) in [5.74, 6) is 0.901. The second kappa shape index (κ2) is 5.03. The van der Waals surface area contributed by atoms with Gasteiger partial charge in [-0.3, -0.25) is 4.90 Å². The fraction of sp³-hybridized carbons (Fsp3) is 1.00. The van der Waals surface area contributed by atoms with Gasteiger partial charge in [0.15, 0.2) is 0 Å². The number of nitrogens with one attached hydrogen (secondary N) is 1. The van der Waals surface area contributed by atoms with Gasteiger partial charge in [-0.2, -0.15) is 0 Å². The van der Waals surface area contributed by atoms with E-state index in [9.17, 15) is 0 Å². The molecule has 2 rings (SSSR count). The molecule has 1 aliphatic heterocycles. The zero-order valence-electron chi connectivity index (χ0n) is 11.0. The van der Waals surface area contributed by atoms with Crippen molar-refractivity contribution in [1.29, 1.82) is 0 Å². The molecule has 3 heteroatoms. The third-order valence-electron chi connectivity index (χ3n) is 4.10. The van der Waals surface area contributed by atoms with E-state index in [4.69, 9.17) is 4.74 Å². The van der Waals surface area contributed by atoms with Crippen molar-refractivity contribution in [2.45, 2.75) is 45.2 Å². The maximum absolute atomic E-state index is 5.45. The predicted octanol–water partition coefficient (Wildman–Crippen LogP) is 1.49. The van der Waals surface area contributed by atoms with Gasteiger partial charge in [0.2, 0.25) is 0 Å². The summed E-state index contributed by atoms with van der Waals surface area (Å²) in [6.07, 6.45) is 2.82. The summed E-state index contributed by atoms with van der Waals surface area (Å²) in [5.41, 5.74) is 0.265. The smallest absolute Gasteiger partial charge is 0.0594 e. The van der Waals surface area contributed by atoms with Gasteiger partial charge in [-0.05, 0) is 39.2 Å². The van der Waals surface area contributed by atoms with E-state index in [1.807, 2.05) is 0 Å². The number of hydrogen-bond donors (Lipinski definition) is 1. The van der Waals surface area contributed by atoms with Crippen LogP contribution < -0.4 is 5.32 Å². The molecule has 0 radical (unpaired) electrons. The van der Waals surface area contributed by atoms with E-state index in [2.05, 4.69) is 31.0 Å². The molecule has 1 aliphatic carbocycles. The standard InChI is InChI=1S/C13H26N2O/c1-4-14-12(11-5-6-11)13(2,3)15-7-9-16-10-8-15/h11-12,14H,4-10H2,1-3H3. The van der Waals surface area contributed by atoms with Crippen LogP contribution >= 0.6 is 0 Å². The van der Waals surface area contributed by atoms with Crippen molar-refractivity contribution in [2.24, 2.45) is 5.92 Å². The van der Waals surface area contributed by atoms with Crippen LogP contribution in [0.4, 0.5) is 0 Å². The van der Waals surface area contributed by atoms with Gasteiger partial charge >= 0.3 is 0 Å². The molecule has 1 saturated carbocycles. The number of rotatable bonds is 5. The summed E-state index contributed by atoms with van der Waals surface area (Å²) < 4.78 is 5.45. The normalized spacial score (nSPS) is 25.7. The van der Waals surface area contributed by atoms with Crippen LogP contribution in [0.1, 0.15) is 33.6 Å². The van der Waals surface area contributed by atoms with E-state index in [-0.39, 0.29) is 5.54 Å². The molecule has 0 aromatic heterocycles. The molecule has 94 valence electrons. The van der Waals surface area contributed by atoms with Crippen molar-refractivity contribution in [1.82, 2.24) is 10.2 Å². The van der Waals surface area contributed by atoms with Gasteiger partial charge in [0.25, 0.3) is 0 Å². The second-order valence-corrected chi connectivity index (χ2v) is 5.63. The lowest BCUT2D eigenvalue weighted by Crippen LogP contribution is -2.61. The van der Waals surface area contributed by atoms with Gasteiger partial charge in [0.05, 0.1) is 13.2 Å². The Balaban J connectivity index is 2.01. The Hall–Kier alpha value is -0.120. The molecule has 16 heavy (non-hydrogen) atoms. The highest BCUT2D eigenvalue weighted by atomic mass is 16.5. The summed E-state index contributed by atoms with van der Waals surface area (Å²) >= 11 is 0. The Kier molecular flexibility index (Phi) is 3.88. The molecule has 0 spiro atoms. The Bertz CT molecular complexity index is 220. The zero-order valence-corrected chi connectivity index (χ0v) is 11.0. The summed E-state index contributed by atoms with van der Waals surface area (Å²) in [7, 11) is 0. The van der Waals surface area contributed by atoms with Crippen molar-refractivity contribution < 1.29 is 4.74 Å². The summed E-state index contributed by atoms with van der Waals surface area (Å²) in [4.78, 5) is 2.60. The Morgan fingerprint density at radius 2 is 1.94 bits per heavy atom. The maximum atomic E-state index is 5.45. The topological polar surface area (TPSA) is 24.5 Å². The van der Waals surface area contributed by atoms with Crippen LogP contribution in [0.15, 0.2) is 0 Å². The molecular weight excluding hydrogens is 200 g/mol. The molecule has 3 nitrogen and oxygen atoms in total. The van der Waals surface area contributed by atoms with Gasteiger partial charge in [0.1, 0.15) is 0 Å². The van der Waals surface area contributed by atoms with Gasteiger partial charge in [-0.25, -0.2) is 0 Å². The first kappa shape index (κ1) is 12.3. The third kappa shape index (κ3) is 2.58. The Labute approximate surface area is 99.5 Å². The van der Waals surface area contributed by atoms with E-state index in [1.165, 1.54) is 12.8 Å². The lowest BCUT2D eigenvalue weighted by molar-refractivity contribution is -0.0260. The predicted molar refractivity (Wildman–Crippen MR) is 66.7 cm³/mol. The van der Waals surface area contributed by atoms with Crippen LogP contribution in [0.2, 0.25) is 0 Å². The van der Waals surface area contributed by atoms with Crippen LogP contribution in [0, 0.1) is 5.92 Å². The van der Waals surface area contributed by atoms with Crippen LogP contribution in [-0.2, 0) is 4.74 Å². The number of likely N-dealkylation sites (N-methyl/N-ethyl adjacent to an activating group) is 1. The molecule has 2 aliphatic rings. The molecule has 2 fully saturated rings. The molecule has 1 saturated heterocycles. The fourth-order valence-electron chi connectivity index (χ4n) is 2.98. The first-order chi connectivity index (χ1) is 7.66. The van der Waals surface area contributed by atoms with Crippen molar-refractivity contribution >= 4 is 0 Å². The number of hydrogen-bond acceptors (Lipinski definition) is 3. The SMILES string of the molecule is CCNC(C1CC1)C(C)(C)N1CCOCC1. The van der Waals surface area contributed by atoms with Crippen LogP contribution in [0.25, 0.3) is 0 Å². The molecule has 0 amide bonds. The third-order valence-corrected chi connectivity index (χ3v) is 4.10. The average molecular weight is 226 g/mol. The summed E-state index contributed by atoms with van der Waals surface area (Å²) in [6.45, 7) is 12.0. The van der Waals surface area contributed by atoms with E-state index in [1.54, 1.807) is 0 Å². The highest BCUT2D eigenvalue weighted by molar-refractivity contribution is 5.01. The molecular formula is C13H26N2O. The minimum Gasteiger partial charge on any atom is -0.379 e. The molecule has 1 N–H and O–H groups in total. The minimum absolute atomic E-state index is 0.265. The molecule has 1 atom stereocenters. The summed E-state index contributed by atoms with van der Waals surface area (Å²) in [5, 5.41) is 3.70. The van der Waals surface area contributed by atoms with Crippen molar-refractivity contribution in [2.75, 3.05) is 32.8 Å². The molecule has 1 heterocycles. The Morgan fingerprint density at radius 1 is 1.31 bits per heavy atom. The van der Waals surface area contributed by atoms with Gasteiger partial charge in [-0.15, -0.1) is 0 Å². The Morgan fingerprint density at radius 3 is 2.44 bits per heavy atom. The quantitative estimate of drug-likeness (QED) is 0.768. The molecule has 0 bridgehead atoms.